The van der Waals surface area contributed by atoms with E-state index in [9.17, 15) is 0 Å². The zero-order valence-electron chi connectivity index (χ0n) is 10.5. The maximum atomic E-state index is 8.71. The number of nitrogens with zero attached hydrogens (tertiary/aromatic N) is 2. The van der Waals surface area contributed by atoms with Gasteiger partial charge in [-0.1, -0.05) is 25.1 Å². The molecule has 4 heteroatoms. The van der Waals surface area contributed by atoms with Crippen LogP contribution in [-0.4, -0.2) is 4.98 Å². The van der Waals surface area contributed by atoms with Crippen molar-refractivity contribution in [2.24, 2.45) is 0 Å². The maximum Gasteiger partial charge on any atom is 0.157 e. The fourth-order valence-corrected chi connectivity index (χ4v) is 2.93. The minimum atomic E-state index is 0.354. The van der Waals surface area contributed by atoms with E-state index in [-0.39, 0.29) is 0 Å². The molecule has 0 saturated carbocycles. The molecule has 0 N–H and O–H groups in total. The number of aromatic nitrogens is 1. The van der Waals surface area contributed by atoms with E-state index in [0.717, 1.165) is 33.9 Å². The summed E-state index contributed by atoms with van der Waals surface area (Å²) < 4.78 is 5.93. The molecule has 0 amide bonds. The summed E-state index contributed by atoms with van der Waals surface area (Å²) in [5.74, 6) is 0.837. The molecule has 3 aromatic rings. The van der Waals surface area contributed by atoms with Crippen molar-refractivity contribution in [3.8, 4) is 17.5 Å². The van der Waals surface area contributed by atoms with E-state index in [2.05, 4.69) is 24.0 Å². The Hall–Kier alpha value is -2.12. The third-order valence-corrected chi connectivity index (χ3v) is 3.92. The lowest BCUT2D eigenvalue weighted by Gasteiger charge is -1.95. The van der Waals surface area contributed by atoms with E-state index < -0.39 is 0 Å². The Labute approximate surface area is 115 Å². The van der Waals surface area contributed by atoms with Gasteiger partial charge in [-0.15, -0.1) is 11.3 Å². The molecule has 0 unspecified atom stereocenters. The molecule has 19 heavy (non-hydrogen) atoms. The van der Waals surface area contributed by atoms with E-state index in [1.54, 1.807) is 0 Å². The molecule has 0 radical (unpaired) electrons. The van der Waals surface area contributed by atoms with Gasteiger partial charge in [0.25, 0.3) is 0 Å². The zero-order chi connectivity index (χ0) is 13.2. The number of nitriles is 1. The molecule has 0 spiro atoms. The second kappa shape index (κ2) is 4.87. The van der Waals surface area contributed by atoms with Crippen molar-refractivity contribution in [2.75, 3.05) is 0 Å². The number of thiazole rings is 1. The number of aryl methyl sites for hydroxylation is 1. The molecule has 0 aliphatic carbocycles. The van der Waals surface area contributed by atoms with Crippen LogP contribution in [0.15, 0.2) is 34.1 Å². The largest absolute Gasteiger partial charge is 0.454 e. The van der Waals surface area contributed by atoms with Crippen molar-refractivity contribution >= 4 is 22.3 Å². The van der Waals surface area contributed by atoms with Crippen LogP contribution < -0.4 is 0 Å². The van der Waals surface area contributed by atoms with Gasteiger partial charge in [-0.05, 0) is 12.5 Å². The van der Waals surface area contributed by atoms with E-state index >= 15 is 0 Å². The summed E-state index contributed by atoms with van der Waals surface area (Å²) in [5, 5.41) is 12.7. The SMILES string of the molecule is CCc1c(-c2csc(CC#N)n2)oc2ccccc12. The monoisotopic (exact) mass is 268 g/mol. The Kier molecular flexibility index (Phi) is 3.06. The second-order valence-corrected chi connectivity index (χ2v) is 5.16. The Balaban J connectivity index is 2.15. The predicted octanol–water partition coefficient (Wildman–Crippen LogP) is 4.18. The molecule has 3 nitrogen and oxygen atoms in total. The highest BCUT2D eigenvalue weighted by Gasteiger charge is 2.16. The van der Waals surface area contributed by atoms with E-state index in [0.29, 0.717) is 6.42 Å². The van der Waals surface area contributed by atoms with Crippen LogP contribution in [0.5, 0.6) is 0 Å². The first-order chi connectivity index (χ1) is 9.33. The fourth-order valence-electron chi connectivity index (χ4n) is 2.22. The Bertz CT molecular complexity index is 764. The second-order valence-electron chi connectivity index (χ2n) is 4.22. The fraction of sp³-hybridized carbons (Fsp3) is 0.200. The van der Waals surface area contributed by atoms with Crippen LogP contribution >= 0.6 is 11.3 Å². The molecule has 3 rings (SSSR count). The van der Waals surface area contributed by atoms with Gasteiger partial charge in [-0.25, -0.2) is 4.98 Å². The van der Waals surface area contributed by atoms with Crippen molar-refractivity contribution in [3.63, 3.8) is 0 Å². The number of furan rings is 1. The Morgan fingerprint density at radius 1 is 1.37 bits per heavy atom. The number of para-hydroxylation sites is 1. The quantitative estimate of drug-likeness (QED) is 0.715. The standard InChI is InChI=1S/C15H12N2OS/c1-2-10-11-5-3-4-6-13(11)18-15(10)12-9-19-14(17-12)7-8-16/h3-6,9H,2,7H2,1H3. The van der Waals surface area contributed by atoms with Crippen LogP contribution in [0, 0.1) is 11.3 Å². The molecule has 0 aliphatic rings. The molecule has 0 bridgehead atoms. The molecule has 94 valence electrons. The number of hydrogen-bond acceptors (Lipinski definition) is 4. The summed E-state index contributed by atoms with van der Waals surface area (Å²) in [6.45, 7) is 2.11. The van der Waals surface area contributed by atoms with Crippen molar-refractivity contribution < 1.29 is 4.42 Å². The normalized spacial score (nSPS) is 10.7. The zero-order valence-corrected chi connectivity index (χ0v) is 11.3. The van der Waals surface area contributed by atoms with Crippen molar-refractivity contribution in [1.29, 1.82) is 5.26 Å². The number of rotatable bonds is 3. The third-order valence-electron chi connectivity index (χ3n) is 3.07. The first kappa shape index (κ1) is 11.9. The molecule has 0 atom stereocenters. The molecule has 0 saturated heterocycles. The highest BCUT2D eigenvalue weighted by Crippen LogP contribution is 2.34. The third kappa shape index (κ3) is 2.02. The molecule has 0 aliphatic heterocycles. The van der Waals surface area contributed by atoms with Crippen LogP contribution in [0.1, 0.15) is 17.5 Å². The smallest absolute Gasteiger partial charge is 0.157 e. The van der Waals surface area contributed by atoms with Gasteiger partial charge < -0.3 is 4.42 Å². The first-order valence-electron chi connectivity index (χ1n) is 6.15. The summed E-state index contributed by atoms with van der Waals surface area (Å²) in [4.78, 5) is 4.48. The average molecular weight is 268 g/mol. The number of hydrogen-bond donors (Lipinski definition) is 0. The van der Waals surface area contributed by atoms with Crippen LogP contribution in [0.3, 0.4) is 0 Å². The number of benzene rings is 1. The van der Waals surface area contributed by atoms with Crippen LogP contribution in [0.4, 0.5) is 0 Å². The minimum absolute atomic E-state index is 0.354. The highest BCUT2D eigenvalue weighted by atomic mass is 32.1. The van der Waals surface area contributed by atoms with Gasteiger partial charge in [-0.2, -0.15) is 5.26 Å². The summed E-state index contributed by atoms with van der Waals surface area (Å²) in [7, 11) is 0. The van der Waals surface area contributed by atoms with E-state index in [4.69, 9.17) is 9.68 Å². The van der Waals surface area contributed by atoms with Gasteiger partial charge in [0, 0.05) is 16.3 Å². The van der Waals surface area contributed by atoms with Gasteiger partial charge in [-0.3, -0.25) is 0 Å². The highest BCUT2D eigenvalue weighted by molar-refractivity contribution is 7.10. The molecular weight excluding hydrogens is 256 g/mol. The Morgan fingerprint density at radius 2 is 2.21 bits per heavy atom. The lowest BCUT2D eigenvalue weighted by Crippen LogP contribution is -1.84. The molecule has 2 aromatic heterocycles. The van der Waals surface area contributed by atoms with Crippen molar-refractivity contribution in [3.05, 3.63) is 40.2 Å². The van der Waals surface area contributed by atoms with Crippen LogP contribution in [0.25, 0.3) is 22.4 Å². The summed E-state index contributed by atoms with van der Waals surface area (Å²) in [6, 6.07) is 10.2. The first-order valence-corrected chi connectivity index (χ1v) is 7.03. The van der Waals surface area contributed by atoms with Crippen LogP contribution in [0.2, 0.25) is 0 Å². The molecule has 2 heterocycles. The predicted molar refractivity (Wildman–Crippen MR) is 76.0 cm³/mol. The molecule has 0 fully saturated rings. The topological polar surface area (TPSA) is 49.8 Å². The Morgan fingerprint density at radius 3 is 3.00 bits per heavy atom. The van der Waals surface area contributed by atoms with Crippen molar-refractivity contribution in [2.45, 2.75) is 19.8 Å². The summed E-state index contributed by atoms with van der Waals surface area (Å²) in [6.07, 6.45) is 1.25. The van der Waals surface area contributed by atoms with Gasteiger partial charge in [0.15, 0.2) is 5.76 Å². The lowest BCUT2D eigenvalue weighted by molar-refractivity contribution is 0.625. The number of fused-ring (bicyclic) bond motifs is 1. The van der Waals surface area contributed by atoms with Crippen molar-refractivity contribution in [1.82, 2.24) is 4.98 Å². The molecule has 1 aromatic carbocycles. The maximum absolute atomic E-state index is 8.71. The van der Waals surface area contributed by atoms with Gasteiger partial charge >= 0.3 is 0 Å². The van der Waals surface area contributed by atoms with E-state index in [1.807, 2.05) is 23.6 Å². The lowest BCUT2D eigenvalue weighted by atomic mass is 10.1. The van der Waals surface area contributed by atoms with Gasteiger partial charge in [0.2, 0.25) is 0 Å². The van der Waals surface area contributed by atoms with Gasteiger partial charge in [0.05, 0.1) is 12.5 Å². The van der Waals surface area contributed by atoms with Crippen LogP contribution in [-0.2, 0) is 12.8 Å². The molecular formula is C15H12N2OS. The minimum Gasteiger partial charge on any atom is -0.454 e. The van der Waals surface area contributed by atoms with E-state index in [1.165, 1.54) is 16.9 Å². The van der Waals surface area contributed by atoms with Gasteiger partial charge in [0.1, 0.15) is 16.3 Å². The summed E-state index contributed by atoms with van der Waals surface area (Å²) >= 11 is 1.50. The average Bonchev–Trinajstić information content (AvgIpc) is 3.02. The summed E-state index contributed by atoms with van der Waals surface area (Å²) in [5.41, 5.74) is 2.91.